The summed E-state index contributed by atoms with van der Waals surface area (Å²) in [4.78, 5) is 23.5. The number of carbonyl (C=O) groups excluding carboxylic acids is 2. The molecule has 0 fully saturated rings. The van der Waals surface area contributed by atoms with E-state index < -0.39 is 0 Å². The molecule has 2 aromatic carbocycles. The lowest BCUT2D eigenvalue weighted by Gasteiger charge is -2.08. The summed E-state index contributed by atoms with van der Waals surface area (Å²) >= 11 is 0. The number of hydrogen-bond donors (Lipinski definition) is 5. The smallest absolute Gasteiger partial charge is 0.233 e. The molecule has 5 N–H and O–H groups in total. The number of aromatic hydroxyl groups is 2. The Kier molecular flexibility index (Phi) is 10.5. The quantitative estimate of drug-likeness (QED) is 0.405. The Morgan fingerprint density at radius 1 is 0.679 bits per heavy atom. The Balaban J connectivity index is 0.00000392. The molecule has 0 aliphatic rings. The minimum atomic E-state index is -0.175. The molecule has 8 heteroatoms. The van der Waals surface area contributed by atoms with Crippen LogP contribution in [-0.4, -0.2) is 48.2 Å². The lowest BCUT2D eigenvalue weighted by Crippen LogP contribution is -2.40. The fourth-order valence-corrected chi connectivity index (χ4v) is 2.43. The molecule has 0 saturated carbocycles. The molecule has 2 rings (SSSR count). The van der Waals surface area contributed by atoms with Crippen LogP contribution in [0.5, 0.6) is 11.5 Å². The van der Waals surface area contributed by atoms with Crippen LogP contribution >= 0.6 is 12.4 Å². The van der Waals surface area contributed by atoms with E-state index >= 15 is 0 Å². The van der Waals surface area contributed by atoms with Crippen LogP contribution < -0.4 is 16.0 Å². The second-order valence-corrected chi connectivity index (χ2v) is 6.14. The van der Waals surface area contributed by atoms with Crippen LogP contribution in [0.15, 0.2) is 48.5 Å². The molecule has 7 nitrogen and oxygen atoms in total. The third-order valence-electron chi connectivity index (χ3n) is 3.92. The highest BCUT2D eigenvalue weighted by molar-refractivity contribution is 5.85. The van der Waals surface area contributed by atoms with Crippen LogP contribution in [0.3, 0.4) is 0 Å². The number of amides is 2. The first kappa shape index (κ1) is 23.3. The maximum Gasteiger partial charge on any atom is 0.233 e. The van der Waals surface area contributed by atoms with E-state index in [1.165, 1.54) is 0 Å². The Hall–Kier alpha value is -2.77. The van der Waals surface area contributed by atoms with Crippen molar-refractivity contribution in [3.63, 3.8) is 0 Å². The van der Waals surface area contributed by atoms with E-state index in [1.54, 1.807) is 24.3 Å². The molecule has 0 radical (unpaired) electrons. The van der Waals surface area contributed by atoms with E-state index in [2.05, 4.69) is 16.0 Å². The Bertz CT molecular complexity index is 673. The zero-order valence-electron chi connectivity index (χ0n) is 15.5. The van der Waals surface area contributed by atoms with Gasteiger partial charge in [-0.15, -0.1) is 12.4 Å². The summed E-state index contributed by atoms with van der Waals surface area (Å²) in [7, 11) is 0. The normalized spacial score (nSPS) is 10.0. The van der Waals surface area contributed by atoms with E-state index in [0.29, 0.717) is 25.9 Å². The second kappa shape index (κ2) is 12.6. The minimum absolute atomic E-state index is 0. The number of hydrogen-bond acceptors (Lipinski definition) is 5. The molecule has 0 aliphatic heterocycles. The van der Waals surface area contributed by atoms with Gasteiger partial charge < -0.3 is 20.8 Å². The molecule has 2 aromatic rings. The van der Waals surface area contributed by atoms with E-state index in [0.717, 1.165) is 11.1 Å². The van der Waals surface area contributed by atoms with Gasteiger partial charge in [-0.25, -0.2) is 0 Å². The van der Waals surface area contributed by atoms with Gasteiger partial charge in [-0.3, -0.25) is 14.9 Å². The molecular weight excluding hydrogens is 382 g/mol. The van der Waals surface area contributed by atoms with Gasteiger partial charge in [-0.1, -0.05) is 24.3 Å². The van der Waals surface area contributed by atoms with Gasteiger partial charge in [0.05, 0.1) is 13.1 Å². The second-order valence-electron chi connectivity index (χ2n) is 6.14. The molecule has 0 spiro atoms. The lowest BCUT2D eigenvalue weighted by atomic mass is 10.1. The van der Waals surface area contributed by atoms with E-state index in [9.17, 15) is 19.8 Å². The highest BCUT2D eigenvalue weighted by Crippen LogP contribution is 2.10. The first-order chi connectivity index (χ1) is 13.0. The number of halogens is 1. The number of phenols is 2. The molecule has 0 unspecified atom stereocenters. The predicted molar refractivity (Wildman–Crippen MR) is 110 cm³/mol. The highest BCUT2D eigenvalue weighted by Gasteiger charge is 2.04. The highest BCUT2D eigenvalue weighted by atomic mass is 35.5. The van der Waals surface area contributed by atoms with E-state index in [-0.39, 0.29) is 48.8 Å². The maximum atomic E-state index is 11.7. The average Bonchev–Trinajstić information content (AvgIpc) is 2.65. The Morgan fingerprint density at radius 2 is 1.04 bits per heavy atom. The van der Waals surface area contributed by atoms with Crippen LogP contribution in [0.25, 0.3) is 0 Å². The summed E-state index contributed by atoms with van der Waals surface area (Å²) in [5.41, 5.74) is 2.04. The fourth-order valence-electron chi connectivity index (χ4n) is 2.43. The van der Waals surface area contributed by atoms with Crippen LogP contribution in [0.1, 0.15) is 11.1 Å². The summed E-state index contributed by atoms with van der Waals surface area (Å²) in [6.45, 7) is 1.12. The molecule has 0 bridgehead atoms. The van der Waals surface area contributed by atoms with Gasteiger partial charge in [-0.05, 0) is 48.2 Å². The first-order valence-corrected chi connectivity index (χ1v) is 8.83. The predicted octanol–water partition coefficient (Wildman–Crippen LogP) is 1.13. The number of nitrogens with one attached hydrogen (secondary N) is 3. The lowest BCUT2D eigenvalue weighted by molar-refractivity contribution is -0.121. The van der Waals surface area contributed by atoms with Crippen LogP contribution in [-0.2, 0) is 22.4 Å². The van der Waals surface area contributed by atoms with Crippen LogP contribution in [0.4, 0.5) is 0 Å². The van der Waals surface area contributed by atoms with Crippen molar-refractivity contribution in [3.05, 3.63) is 59.7 Å². The van der Waals surface area contributed by atoms with Crippen molar-refractivity contribution in [2.45, 2.75) is 12.8 Å². The van der Waals surface area contributed by atoms with Gasteiger partial charge in [0.1, 0.15) is 11.5 Å². The summed E-state index contributed by atoms with van der Waals surface area (Å²) in [5.74, 6) is 0.0815. The van der Waals surface area contributed by atoms with Crippen molar-refractivity contribution in [1.29, 1.82) is 0 Å². The first-order valence-electron chi connectivity index (χ1n) is 8.83. The molecule has 0 aromatic heterocycles. The Labute approximate surface area is 170 Å². The topological polar surface area (TPSA) is 111 Å². The third-order valence-corrected chi connectivity index (χ3v) is 3.92. The minimum Gasteiger partial charge on any atom is -0.508 e. The summed E-state index contributed by atoms with van der Waals surface area (Å²) in [6, 6.07) is 13.7. The number of rotatable bonds is 10. The fraction of sp³-hybridized carbons (Fsp3) is 0.300. The van der Waals surface area contributed by atoms with Gasteiger partial charge in [0.15, 0.2) is 0 Å². The van der Waals surface area contributed by atoms with E-state index in [1.807, 2.05) is 24.3 Å². The Morgan fingerprint density at radius 3 is 1.39 bits per heavy atom. The SMILES string of the molecule is Cl.O=C(CNCC(=O)NCCc1ccc(O)cc1)NCCc1ccc(O)cc1. The van der Waals surface area contributed by atoms with Crippen molar-refractivity contribution < 1.29 is 19.8 Å². The van der Waals surface area contributed by atoms with Crippen molar-refractivity contribution in [1.82, 2.24) is 16.0 Å². The number of phenolic OH excluding ortho intramolecular Hbond substituents is 2. The van der Waals surface area contributed by atoms with Crippen molar-refractivity contribution in [3.8, 4) is 11.5 Å². The third kappa shape index (κ3) is 9.25. The summed E-state index contributed by atoms with van der Waals surface area (Å²) in [5, 5.41) is 26.8. The van der Waals surface area contributed by atoms with Crippen molar-refractivity contribution in [2.75, 3.05) is 26.2 Å². The summed E-state index contributed by atoms with van der Waals surface area (Å²) < 4.78 is 0. The van der Waals surface area contributed by atoms with Gasteiger partial charge in [0, 0.05) is 13.1 Å². The molecule has 0 heterocycles. The molecule has 2 amide bonds. The van der Waals surface area contributed by atoms with Crippen molar-refractivity contribution >= 4 is 24.2 Å². The maximum absolute atomic E-state index is 11.7. The molecular formula is C20H26ClN3O4. The monoisotopic (exact) mass is 407 g/mol. The molecule has 152 valence electrons. The van der Waals surface area contributed by atoms with Crippen LogP contribution in [0.2, 0.25) is 0 Å². The van der Waals surface area contributed by atoms with Gasteiger partial charge >= 0.3 is 0 Å². The van der Waals surface area contributed by atoms with Gasteiger partial charge in [-0.2, -0.15) is 0 Å². The molecule has 0 atom stereocenters. The van der Waals surface area contributed by atoms with Gasteiger partial charge in [0.25, 0.3) is 0 Å². The number of benzene rings is 2. The average molecular weight is 408 g/mol. The zero-order chi connectivity index (χ0) is 19.5. The largest absolute Gasteiger partial charge is 0.508 e. The van der Waals surface area contributed by atoms with E-state index in [4.69, 9.17) is 0 Å². The van der Waals surface area contributed by atoms with Crippen LogP contribution in [0, 0.1) is 0 Å². The molecule has 0 saturated heterocycles. The van der Waals surface area contributed by atoms with Crippen molar-refractivity contribution in [2.24, 2.45) is 0 Å². The molecule has 28 heavy (non-hydrogen) atoms. The number of carbonyl (C=O) groups is 2. The zero-order valence-corrected chi connectivity index (χ0v) is 16.3. The summed E-state index contributed by atoms with van der Waals surface area (Å²) in [6.07, 6.45) is 1.34. The standard InChI is InChI=1S/C20H25N3O4.ClH/c24-17-5-1-15(2-6-17)9-11-22-19(26)13-21-14-20(27)23-12-10-16-3-7-18(25)8-4-16;/h1-8,21,24-25H,9-14H2,(H,22,26)(H,23,27);1H. The molecule has 0 aliphatic carbocycles. The van der Waals surface area contributed by atoms with Gasteiger partial charge in [0.2, 0.25) is 11.8 Å².